The van der Waals surface area contributed by atoms with Crippen LogP contribution in [-0.4, -0.2) is 39.5 Å². The summed E-state index contributed by atoms with van der Waals surface area (Å²) >= 11 is 1.36. The van der Waals surface area contributed by atoms with Crippen LogP contribution in [0, 0.1) is 6.92 Å². The minimum absolute atomic E-state index is 0.131. The summed E-state index contributed by atoms with van der Waals surface area (Å²) in [6.45, 7) is 1.92. The second kappa shape index (κ2) is 4.89. The third kappa shape index (κ3) is 2.45. The van der Waals surface area contributed by atoms with Crippen molar-refractivity contribution in [2.45, 2.75) is 17.1 Å². The van der Waals surface area contributed by atoms with Gasteiger partial charge in [0.25, 0.3) is 5.95 Å². The molecule has 3 heterocycles. The fourth-order valence-corrected chi connectivity index (χ4v) is 2.45. The van der Waals surface area contributed by atoms with Gasteiger partial charge in [-0.1, -0.05) is 0 Å². The van der Waals surface area contributed by atoms with Crippen LogP contribution in [0.5, 0.6) is 0 Å². The molecule has 0 aliphatic heterocycles. The zero-order chi connectivity index (χ0) is 14.1. The summed E-state index contributed by atoms with van der Waals surface area (Å²) < 4.78 is 3.19. The number of hydrogen-bond acceptors (Lipinski definition) is 8. The molecule has 0 aromatic carbocycles. The van der Waals surface area contributed by atoms with Crippen molar-refractivity contribution >= 4 is 17.7 Å². The molecule has 0 unspecified atom stereocenters. The minimum Gasteiger partial charge on any atom is -0.368 e. The van der Waals surface area contributed by atoms with Crippen molar-refractivity contribution in [2.75, 3.05) is 5.73 Å². The van der Waals surface area contributed by atoms with E-state index in [0.29, 0.717) is 11.1 Å². The van der Waals surface area contributed by atoms with Crippen molar-refractivity contribution in [1.82, 2.24) is 39.5 Å². The smallest absolute Gasteiger partial charge is 0.257 e. The SMILES string of the molecule is Cc1cc(Sc2nc(N)nc(-n3cncn3)n2)n(C)n1. The summed E-state index contributed by atoms with van der Waals surface area (Å²) in [5, 5.41) is 9.63. The van der Waals surface area contributed by atoms with Gasteiger partial charge in [0.2, 0.25) is 11.1 Å². The van der Waals surface area contributed by atoms with Gasteiger partial charge in [0.05, 0.1) is 5.69 Å². The van der Waals surface area contributed by atoms with Crippen molar-refractivity contribution in [1.29, 1.82) is 0 Å². The van der Waals surface area contributed by atoms with E-state index in [0.717, 1.165) is 10.7 Å². The first-order valence-corrected chi connectivity index (χ1v) is 6.48. The largest absolute Gasteiger partial charge is 0.368 e. The standard InChI is InChI=1S/C10H11N9S/c1-6-3-7(18(2)17-6)20-10-15-8(11)14-9(16-10)19-5-12-4-13-19/h3-5H,1-2H3,(H2,11,14,15,16). The molecule has 0 aliphatic rings. The van der Waals surface area contributed by atoms with Gasteiger partial charge in [-0.15, -0.1) is 0 Å². The van der Waals surface area contributed by atoms with E-state index in [1.807, 2.05) is 20.0 Å². The molecule has 102 valence electrons. The number of nitrogen functional groups attached to an aromatic ring is 1. The number of anilines is 1. The maximum atomic E-state index is 5.70. The number of nitrogens with two attached hydrogens (primary N) is 1. The first kappa shape index (κ1) is 12.5. The van der Waals surface area contributed by atoms with Crippen LogP contribution in [0.25, 0.3) is 5.95 Å². The van der Waals surface area contributed by atoms with Crippen LogP contribution in [0.2, 0.25) is 0 Å². The van der Waals surface area contributed by atoms with Gasteiger partial charge in [-0.2, -0.15) is 29.8 Å². The van der Waals surface area contributed by atoms with E-state index in [4.69, 9.17) is 5.73 Å². The third-order valence-electron chi connectivity index (χ3n) is 2.40. The second-order valence-electron chi connectivity index (χ2n) is 3.97. The predicted octanol–water partition coefficient (Wildman–Crippen LogP) is 0.228. The fraction of sp³-hybridized carbons (Fsp3) is 0.200. The van der Waals surface area contributed by atoms with Gasteiger partial charge >= 0.3 is 0 Å². The van der Waals surface area contributed by atoms with Crippen molar-refractivity contribution in [2.24, 2.45) is 7.05 Å². The second-order valence-corrected chi connectivity index (χ2v) is 4.95. The number of aryl methyl sites for hydroxylation is 2. The summed E-state index contributed by atoms with van der Waals surface area (Å²) in [6.07, 6.45) is 2.90. The molecular weight excluding hydrogens is 278 g/mol. The molecule has 0 radical (unpaired) electrons. The Morgan fingerprint density at radius 3 is 2.75 bits per heavy atom. The summed E-state index contributed by atoms with van der Waals surface area (Å²) in [6, 6.07) is 1.94. The maximum absolute atomic E-state index is 5.70. The van der Waals surface area contributed by atoms with Crippen molar-refractivity contribution in [3.63, 3.8) is 0 Å². The molecule has 20 heavy (non-hydrogen) atoms. The van der Waals surface area contributed by atoms with Crippen LogP contribution < -0.4 is 5.73 Å². The van der Waals surface area contributed by atoms with E-state index in [2.05, 4.69) is 30.1 Å². The van der Waals surface area contributed by atoms with Crippen molar-refractivity contribution in [3.8, 4) is 5.95 Å². The molecule has 0 saturated carbocycles. The molecule has 0 amide bonds. The molecule has 9 nitrogen and oxygen atoms in total. The van der Waals surface area contributed by atoms with Crippen LogP contribution in [0.4, 0.5) is 5.95 Å². The maximum Gasteiger partial charge on any atom is 0.257 e. The Kier molecular flexibility index (Phi) is 3.06. The average molecular weight is 289 g/mol. The van der Waals surface area contributed by atoms with Gasteiger partial charge in [-0.3, -0.25) is 4.68 Å². The predicted molar refractivity (Wildman–Crippen MR) is 71.2 cm³/mol. The fourth-order valence-electron chi connectivity index (χ4n) is 1.60. The normalized spacial score (nSPS) is 10.9. The molecule has 3 aromatic heterocycles. The molecule has 3 aromatic rings. The number of nitrogens with zero attached hydrogens (tertiary/aromatic N) is 8. The monoisotopic (exact) mass is 289 g/mol. The van der Waals surface area contributed by atoms with E-state index < -0.39 is 0 Å². The van der Waals surface area contributed by atoms with Gasteiger partial charge < -0.3 is 5.73 Å². The Hall–Kier alpha value is -2.49. The lowest BCUT2D eigenvalue weighted by atomic mass is 10.5. The number of aromatic nitrogens is 8. The van der Waals surface area contributed by atoms with E-state index in [-0.39, 0.29) is 5.95 Å². The van der Waals surface area contributed by atoms with Crippen molar-refractivity contribution in [3.05, 3.63) is 24.4 Å². The van der Waals surface area contributed by atoms with Crippen LogP contribution >= 0.6 is 11.8 Å². The Morgan fingerprint density at radius 1 is 1.25 bits per heavy atom. The van der Waals surface area contributed by atoms with E-state index in [1.165, 1.54) is 29.1 Å². The highest BCUT2D eigenvalue weighted by Crippen LogP contribution is 2.25. The summed E-state index contributed by atoms with van der Waals surface area (Å²) in [7, 11) is 1.86. The molecule has 2 N–H and O–H groups in total. The van der Waals surface area contributed by atoms with E-state index in [1.54, 1.807) is 4.68 Å². The van der Waals surface area contributed by atoms with Crippen LogP contribution in [0.15, 0.2) is 28.9 Å². The summed E-state index contributed by atoms with van der Waals surface area (Å²) in [4.78, 5) is 16.3. The first-order valence-electron chi connectivity index (χ1n) is 5.67. The first-order chi connectivity index (χ1) is 9.61. The molecule has 0 fully saturated rings. The van der Waals surface area contributed by atoms with Gasteiger partial charge in [0.1, 0.15) is 17.7 Å². The molecule has 10 heteroatoms. The minimum atomic E-state index is 0.131. The van der Waals surface area contributed by atoms with Gasteiger partial charge in [-0.05, 0) is 24.8 Å². The lowest BCUT2D eigenvalue weighted by molar-refractivity contribution is 0.690. The highest BCUT2D eigenvalue weighted by atomic mass is 32.2. The van der Waals surface area contributed by atoms with Gasteiger partial charge in [0, 0.05) is 7.05 Å². The highest BCUT2D eigenvalue weighted by molar-refractivity contribution is 7.99. The molecule has 0 aliphatic carbocycles. The Balaban J connectivity index is 1.96. The van der Waals surface area contributed by atoms with Crippen LogP contribution in [-0.2, 0) is 7.05 Å². The average Bonchev–Trinajstić information content (AvgIpc) is 2.99. The zero-order valence-corrected chi connectivity index (χ0v) is 11.6. The zero-order valence-electron chi connectivity index (χ0n) is 10.8. The number of rotatable bonds is 3. The van der Waals surface area contributed by atoms with Crippen LogP contribution in [0.1, 0.15) is 5.69 Å². The van der Waals surface area contributed by atoms with E-state index in [9.17, 15) is 0 Å². The molecular formula is C10H11N9S. The topological polar surface area (TPSA) is 113 Å². The molecule has 0 saturated heterocycles. The summed E-state index contributed by atoms with van der Waals surface area (Å²) in [5.41, 5.74) is 6.63. The Morgan fingerprint density at radius 2 is 2.10 bits per heavy atom. The Labute approximate surface area is 118 Å². The number of hydrogen-bond donors (Lipinski definition) is 1. The summed E-state index contributed by atoms with van der Waals surface area (Å²) in [5.74, 6) is 0.461. The molecule has 3 rings (SSSR count). The molecule has 0 atom stereocenters. The molecule has 0 spiro atoms. The van der Waals surface area contributed by atoms with Gasteiger partial charge in [0.15, 0.2) is 0 Å². The lowest BCUT2D eigenvalue weighted by Crippen LogP contribution is -2.07. The van der Waals surface area contributed by atoms with E-state index >= 15 is 0 Å². The quantitative estimate of drug-likeness (QED) is 0.728. The Bertz CT molecular complexity index is 733. The van der Waals surface area contributed by atoms with Crippen LogP contribution in [0.3, 0.4) is 0 Å². The van der Waals surface area contributed by atoms with Crippen molar-refractivity contribution < 1.29 is 0 Å². The third-order valence-corrected chi connectivity index (χ3v) is 3.36. The van der Waals surface area contributed by atoms with Gasteiger partial charge in [-0.25, -0.2) is 4.98 Å². The highest BCUT2D eigenvalue weighted by Gasteiger charge is 2.11. The lowest BCUT2D eigenvalue weighted by Gasteiger charge is -2.04. The molecule has 0 bridgehead atoms.